The maximum absolute atomic E-state index is 6.08. The highest BCUT2D eigenvalue weighted by molar-refractivity contribution is 6.06. The Hall–Kier alpha value is -6.38. The predicted octanol–water partition coefficient (Wildman–Crippen LogP) is 13.2. The van der Waals surface area contributed by atoms with Gasteiger partial charge in [-0.25, -0.2) is 0 Å². The average Bonchev–Trinajstić information content (AvgIpc) is 3.54. The van der Waals surface area contributed by atoms with Crippen molar-refractivity contribution in [1.82, 2.24) is 0 Å². The van der Waals surface area contributed by atoms with Crippen molar-refractivity contribution in [3.63, 3.8) is 0 Å². The minimum atomic E-state index is 0.910. The molecule has 0 unspecified atom stereocenters. The van der Waals surface area contributed by atoms with Gasteiger partial charge in [0.05, 0.1) is 0 Å². The maximum atomic E-state index is 6.08. The van der Waals surface area contributed by atoms with Crippen molar-refractivity contribution in [1.29, 1.82) is 0 Å². The van der Waals surface area contributed by atoms with Gasteiger partial charge >= 0.3 is 0 Å². The summed E-state index contributed by atoms with van der Waals surface area (Å²) in [6, 6.07) is 67.1. The smallest absolute Gasteiger partial charge is 0.135 e. The first-order valence-corrected chi connectivity index (χ1v) is 16.3. The van der Waals surface area contributed by atoms with E-state index in [4.69, 9.17) is 4.42 Å². The molecule has 9 aromatic rings. The number of furan rings is 1. The number of anilines is 3. The van der Waals surface area contributed by atoms with E-state index in [-0.39, 0.29) is 0 Å². The van der Waals surface area contributed by atoms with Crippen LogP contribution in [0.1, 0.15) is 0 Å². The molecule has 2 heteroatoms. The molecule has 0 radical (unpaired) electrons. The van der Waals surface area contributed by atoms with Gasteiger partial charge in [-0.3, -0.25) is 0 Å². The molecule has 0 spiro atoms. The highest BCUT2D eigenvalue weighted by Gasteiger charge is 2.15. The molecule has 0 aliphatic rings. The SMILES string of the molecule is c1ccc(-c2ccc(N(c3ccc(-c4ccc5oc6ccccc6c5c4)cc3)c3cccc(-c4ccc5ccccc5c4)c3)cc2)cc1. The lowest BCUT2D eigenvalue weighted by Gasteiger charge is -2.26. The Balaban J connectivity index is 1.12. The molecular weight excluding hydrogens is 583 g/mol. The number of hydrogen-bond donors (Lipinski definition) is 0. The third kappa shape index (κ3) is 5.10. The van der Waals surface area contributed by atoms with E-state index in [9.17, 15) is 0 Å². The second-order valence-corrected chi connectivity index (χ2v) is 12.2. The van der Waals surface area contributed by atoms with Crippen LogP contribution in [0.15, 0.2) is 192 Å². The second-order valence-electron chi connectivity index (χ2n) is 12.2. The normalized spacial score (nSPS) is 11.3. The number of nitrogens with zero attached hydrogens (tertiary/aromatic N) is 1. The molecule has 8 aromatic carbocycles. The molecule has 0 saturated heterocycles. The van der Waals surface area contributed by atoms with E-state index in [0.717, 1.165) is 50.1 Å². The summed E-state index contributed by atoms with van der Waals surface area (Å²) >= 11 is 0. The van der Waals surface area contributed by atoms with Crippen LogP contribution in [0.5, 0.6) is 0 Å². The molecule has 2 nitrogen and oxygen atoms in total. The zero-order chi connectivity index (χ0) is 31.9. The molecule has 0 aliphatic carbocycles. The van der Waals surface area contributed by atoms with E-state index in [1.54, 1.807) is 0 Å². The van der Waals surface area contributed by atoms with Gasteiger partial charge in [0.1, 0.15) is 11.2 Å². The van der Waals surface area contributed by atoms with Crippen molar-refractivity contribution in [3.8, 4) is 33.4 Å². The van der Waals surface area contributed by atoms with Crippen LogP contribution in [0, 0.1) is 0 Å². The number of benzene rings is 8. The Labute approximate surface area is 279 Å². The highest BCUT2D eigenvalue weighted by Crippen LogP contribution is 2.39. The van der Waals surface area contributed by atoms with Crippen LogP contribution >= 0.6 is 0 Å². The van der Waals surface area contributed by atoms with E-state index < -0.39 is 0 Å². The van der Waals surface area contributed by atoms with Gasteiger partial charge in [-0.05, 0) is 105 Å². The summed E-state index contributed by atoms with van der Waals surface area (Å²) in [5.74, 6) is 0. The van der Waals surface area contributed by atoms with Crippen LogP contribution in [0.4, 0.5) is 17.1 Å². The first-order chi connectivity index (χ1) is 23.8. The summed E-state index contributed by atoms with van der Waals surface area (Å²) in [4.78, 5) is 2.34. The molecule has 0 fully saturated rings. The third-order valence-electron chi connectivity index (χ3n) is 9.26. The van der Waals surface area contributed by atoms with E-state index in [2.05, 4.69) is 181 Å². The number of fused-ring (bicyclic) bond motifs is 4. The lowest BCUT2D eigenvalue weighted by molar-refractivity contribution is 0.669. The lowest BCUT2D eigenvalue weighted by atomic mass is 10.00. The van der Waals surface area contributed by atoms with Crippen molar-refractivity contribution < 1.29 is 4.42 Å². The van der Waals surface area contributed by atoms with E-state index >= 15 is 0 Å². The van der Waals surface area contributed by atoms with Crippen molar-refractivity contribution in [2.75, 3.05) is 4.90 Å². The van der Waals surface area contributed by atoms with E-state index in [1.165, 1.54) is 33.0 Å². The van der Waals surface area contributed by atoms with Crippen LogP contribution in [0.3, 0.4) is 0 Å². The Morgan fingerprint density at radius 3 is 1.62 bits per heavy atom. The van der Waals surface area contributed by atoms with Gasteiger partial charge in [0.25, 0.3) is 0 Å². The summed E-state index contributed by atoms with van der Waals surface area (Å²) in [5.41, 5.74) is 12.2. The summed E-state index contributed by atoms with van der Waals surface area (Å²) in [6.07, 6.45) is 0. The highest BCUT2D eigenvalue weighted by atomic mass is 16.3. The second kappa shape index (κ2) is 11.8. The number of hydrogen-bond acceptors (Lipinski definition) is 2. The molecule has 226 valence electrons. The third-order valence-corrected chi connectivity index (χ3v) is 9.26. The molecule has 0 aliphatic heterocycles. The molecule has 48 heavy (non-hydrogen) atoms. The number of rotatable bonds is 6. The first-order valence-electron chi connectivity index (χ1n) is 16.3. The zero-order valence-electron chi connectivity index (χ0n) is 26.3. The van der Waals surface area contributed by atoms with Gasteiger partial charge in [0, 0.05) is 27.8 Å². The van der Waals surface area contributed by atoms with Gasteiger partial charge in [-0.1, -0.05) is 127 Å². The number of para-hydroxylation sites is 1. The minimum Gasteiger partial charge on any atom is -0.456 e. The van der Waals surface area contributed by atoms with Crippen molar-refractivity contribution in [2.45, 2.75) is 0 Å². The van der Waals surface area contributed by atoms with Gasteiger partial charge in [0.15, 0.2) is 0 Å². The largest absolute Gasteiger partial charge is 0.456 e. The maximum Gasteiger partial charge on any atom is 0.135 e. The van der Waals surface area contributed by atoms with Gasteiger partial charge in [0.2, 0.25) is 0 Å². The van der Waals surface area contributed by atoms with Crippen molar-refractivity contribution in [2.24, 2.45) is 0 Å². The molecular formula is C46H31NO. The molecule has 0 N–H and O–H groups in total. The molecule has 0 amide bonds. The summed E-state index contributed by atoms with van der Waals surface area (Å²) in [6.45, 7) is 0. The summed E-state index contributed by atoms with van der Waals surface area (Å²) < 4.78 is 6.08. The fraction of sp³-hybridized carbons (Fsp3) is 0. The topological polar surface area (TPSA) is 16.4 Å². The first kappa shape index (κ1) is 27.9. The van der Waals surface area contributed by atoms with Crippen molar-refractivity contribution in [3.05, 3.63) is 188 Å². The lowest BCUT2D eigenvalue weighted by Crippen LogP contribution is -2.10. The molecule has 0 atom stereocenters. The fourth-order valence-corrected chi connectivity index (χ4v) is 6.78. The molecule has 9 rings (SSSR count). The predicted molar refractivity (Wildman–Crippen MR) is 202 cm³/mol. The quantitative estimate of drug-likeness (QED) is 0.185. The summed E-state index contributed by atoms with van der Waals surface area (Å²) in [7, 11) is 0. The standard InChI is InChI=1S/C46H31NO/c1-2-9-32(10-3-1)34-19-24-40(25-20-34)47(42-14-8-13-37(30-42)38-18-17-33-11-4-5-12-36(33)29-38)41-26-21-35(22-27-41)39-23-28-46-44(31-39)43-15-6-7-16-45(43)48-46/h1-31H. The van der Waals surface area contributed by atoms with Crippen LogP contribution in [0.2, 0.25) is 0 Å². The van der Waals surface area contributed by atoms with Crippen molar-refractivity contribution >= 4 is 49.8 Å². The Morgan fingerprint density at radius 1 is 0.292 bits per heavy atom. The molecule has 1 aromatic heterocycles. The Kier molecular flexibility index (Phi) is 6.84. The monoisotopic (exact) mass is 613 g/mol. The van der Waals surface area contributed by atoms with Gasteiger partial charge in [-0.2, -0.15) is 0 Å². The zero-order valence-corrected chi connectivity index (χ0v) is 26.3. The van der Waals surface area contributed by atoms with Gasteiger partial charge in [-0.15, -0.1) is 0 Å². The minimum absolute atomic E-state index is 0.910. The van der Waals surface area contributed by atoms with Gasteiger partial charge < -0.3 is 9.32 Å². The van der Waals surface area contributed by atoms with Crippen LogP contribution in [-0.2, 0) is 0 Å². The molecule has 0 bridgehead atoms. The van der Waals surface area contributed by atoms with E-state index in [0.29, 0.717) is 0 Å². The average molecular weight is 614 g/mol. The van der Waals surface area contributed by atoms with Crippen LogP contribution < -0.4 is 4.90 Å². The molecule has 0 saturated carbocycles. The Bertz CT molecular complexity index is 2540. The molecule has 1 heterocycles. The van der Waals surface area contributed by atoms with E-state index in [1.807, 2.05) is 12.1 Å². The fourth-order valence-electron chi connectivity index (χ4n) is 6.78. The van der Waals surface area contributed by atoms with Crippen LogP contribution in [0.25, 0.3) is 66.1 Å². The van der Waals surface area contributed by atoms with Crippen LogP contribution in [-0.4, -0.2) is 0 Å². The Morgan fingerprint density at radius 2 is 0.833 bits per heavy atom. The summed E-state index contributed by atoms with van der Waals surface area (Å²) in [5, 5.41) is 4.77.